The third kappa shape index (κ3) is 1.79. The molecule has 0 aliphatic heterocycles. The van der Waals surface area contributed by atoms with Crippen molar-refractivity contribution in [2.24, 2.45) is 5.92 Å². The van der Waals surface area contributed by atoms with Gasteiger partial charge in [0.15, 0.2) is 0 Å². The lowest BCUT2D eigenvalue weighted by molar-refractivity contribution is 0.803. The van der Waals surface area contributed by atoms with Crippen molar-refractivity contribution in [2.45, 2.75) is 26.2 Å². The molecule has 11 heavy (non-hydrogen) atoms. The lowest BCUT2D eigenvalue weighted by atomic mass is 10.1. The molecule has 0 spiro atoms. The first-order valence-corrected chi connectivity index (χ1v) is 4.26. The number of nitrogens with zero attached hydrogens (tertiary/aromatic N) is 1. The summed E-state index contributed by atoms with van der Waals surface area (Å²) in [5, 5.41) is 0. The highest BCUT2D eigenvalue weighted by atomic mass is 14.7. The van der Waals surface area contributed by atoms with E-state index in [2.05, 4.69) is 24.0 Å². The zero-order valence-corrected chi connectivity index (χ0v) is 6.88. The second-order valence-electron chi connectivity index (χ2n) is 3.47. The molecule has 1 saturated carbocycles. The molecule has 0 radical (unpaired) electrons. The quantitative estimate of drug-likeness (QED) is 0.625. The molecule has 2 rings (SSSR count). The van der Waals surface area contributed by atoms with Gasteiger partial charge in [0.1, 0.15) is 0 Å². The van der Waals surface area contributed by atoms with Crippen LogP contribution in [0.1, 0.15) is 24.1 Å². The van der Waals surface area contributed by atoms with Gasteiger partial charge >= 0.3 is 0 Å². The maximum Gasteiger partial charge on any atom is 0.0409 e. The van der Waals surface area contributed by atoms with Crippen LogP contribution in [0, 0.1) is 12.8 Å². The Morgan fingerprint density at radius 3 is 3.00 bits per heavy atom. The average Bonchev–Trinajstić information content (AvgIpc) is 2.71. The highest BCUT2D eigenvalue weighted by Crippen LogP contribution is 2.31. The SMILES string of the molecule is Cc1ccnc(CC2CC2)c1. The molecule has 0 N–H and O–H groups in total. The van der Waals surface area contributed by atoms with Crippen LogP contribution in [0.2, 0.25) is 0 Å². The number of hydrogen-bond acceptors (Lipinski definition) is 1. The first kappa shape index (κ1) is 6.84. The van der Waals surface area contributed by atoms with Gasteiger partial charge in [-0.25, -0.2) is 0 Å². The average molecular weight is 147 g/mol. The fourth-order valence-corrected chi connectivity index (χ4v) is 1.33. The van der Waals surface area contributed by atoms with Crippen molar-refractivity contribution in [2.75, 3.05) is 0 Å². The summed E-state index contributed by atoms with van der Waals surface area (Å²) in [4.78, 5) is 4.32. The monoisotopic (exact) mass is 147 g/mol. The molecule has 0 bridgehead atoms. The van der Waals surface area contributed by atoms with Crippen molar-refractivity contribution in [3.63, 3.8) is 0 Å². The van der Waals surface area contributed by atoms with E-state index < -0.39 is 0 Å². The van der Waals surface area contributed by atoms with Crippen LogP contribution in [0.5, 0.6) is 0 Å². The molecule has 1 fully saturated rings. The summed E-state index contributed by atoms with van der Waals surface area (Å²) in [5.74, 6) is 0.948. The number of rotatable bonds is 2. The fraction of sp³-hybridized carbons (Fsp3) is 0.500. The third-order valence-electron chi connectivity index (χ3n) is 2.17. The molecule has 1 heteroatoms. The van der Waals surface area contributed by atoms with Crippen LogP contribution in [0.25, 0.3) is 0 Å². The van der Waals surface area contributed by atoms with Crippen molar-refractivity contribution >= 4 is 0 Å². The van der Waals surface area contributed by atoms with E-state index >= 15 is 0 Å². The van der Waals surface area contributed by atoms with Gasteiger partial charge in [-0.05, 0) is 49.8 Å². The number of pyridine rings is 1. The third-order valence-corrected chi connectivity index (χ3v) is 2.17. The molecular formula is C10H13N. The smallest absolute Gasteiger partial charge is 0.0409 e. The maximum absolute atomic E-state index is 4.32. The minimum absolute atomic E-state index is 0.948. The van der Waals surface area contributed by atoms with Crippen LogP contribution in [0.4, 0.5) is 0 Å². The molecule has 1 aliphatic rings. The minimum Gasteiger partial charge on any atom is -0.261 e. The normalized spacial score (nSPS) is 16.8. The zero-order chi connectivity index (χ0) is 7.68. The van der Waals surface area contributed by atoms with E-state index in [1.807, 2.05) is 6.20 Å². The molecule has 0 unspecified atom stereocenters. The summed E-state index contributed by atoms with van der Waals surface area (Å²) >= 11 is 0. The molecule has 0 aromatic carbocycles. The highest BCUT2D eigenvalue weighted by molar-refractivity contribution is 5.15. The largest absolute Gasteiger partial charge is 0.261 e. The Hall–Kier alpha value is -0.850. The van der Waals surface area contributed by atoms with Crippen LogP contribution in [0.15, 0.2) is 18.3 Å². The number of aryl methyl sites for hydroxylation is 1. The van der Waals surface area contributed by atoms with Crippen LogP contribution >= 0.6 is 0 Å². The predicted molar refractivity (Wildman–Crippen MR) is 45.4 cm³/mol. The molecule has 1 aromatic rings. The Kier molecular flexibility index (Phi) is 1.65. The molecule has 58 valence electrons. The molecule has 1 nitrogen and oxygen atoms in total. The highest BCUT2D eigenvalue weighted by Gasteiger charge is 2.21. The van der Waals surface area contributed by atoms with Crippen LogP contribution in [-0.4, -0.2) is 4.98 Å². The van der Waals surface area contributed by atoms with Crippen molar-refractivity contribution in [3.8, 4) is 0 Å². The lowest BCUT2D eigenvalue weighted by Crippen LogP contribution is -1.91. The first-order valence-electron chi connectivity index (χ1n) is 4.26. The summed E-state index contributed by atoms with van der Waals surface area (Å²) in [6.45, 7) is 2.12. The van der Waals surface area contributed by atoms with E-state index in [9.17, 15) is 0 Å². The molecular weight excluding hydrogens is 134 g/mol. The van der Waals surface area contributed by atoms with Gasteiger partial charge in [0, 0.05) is 11.9 Å². The van der Waals surface area contributed by atoms with Crippen molar-refractivity contribution in [3.05, 3.63) is 29.6 Å². The first-order chi connectivity index (χ1) is 5.34. The molecule has 1 aliphatic carbocycles. The van der Waals surface area contributed by atoms with Gasteiger partial charge in [-0.2, -0.15) is 0 Å². The summed E-state index contributed by atoms with van der Waals surface area (Å²) in [7, 11) is 0. The zero-order valence-electron chi connectivity index (χ0n) is 6.88. The molecule has 1 aromatic heterocycles. The van der Waals surface area contributed by atoms with E-state index in [1.54, 1.807) is 0 Å². The lowest BCUT2D eigenvalue weighted by Gasteiger charge is -1.98. The Balaban J connectivity index is 2.10. The van der Waals surface area contributed by atoms with E-state index in [0.29, 0.717) is 0 Å². The van der Waals surface area contributed by atoms with E-state index in [4.69, 9.17) is 0 Å². The molecule has 1 heterocycles. The van der Waals surface area contributed by atoms with Gasteiger partial charge in [-0.15, -0.1) is 0 Å². The fourth-order valence-electron chi connectivity index (χ4n) is 1.33. The molecule has 0 atom stereocenters. The van der Waals surface area contributed by atoms with Gasteiger partial charge in [0.2, 0.25) is 0 Å². The van der Waals surface area contributed by atoms with Crippen molar-refractivity contribution < 1.29 is 0 Å². The summed E-state index contributed by atoms with van der Waals surface area (Å²) in [5.41, 5.74) is 2.60. The Labute approximate surface area is 67.5 Å². The summed E-state index contributed by atoms with van der Waals surface area (Å²) in [6.07, 6.45) is 5.93. The molecule has 0 saturated heterocycles. The Morgan fingerprint density at radius 1 is 1.55 bits per heavy atom. The second kappa shape index (κ2) is 2.65. The van der Waals surface area contributed by atoms with Crippen LogP contribution < -0.4 is 0 Å². The van der Waals surface area contributed by atoms with E-state index in [1.165, 1.54) is 30.5 Å². The predicted octanol–water partition coefficient (Wildman–Crippen LogP) is 2.34. The van der Waals surface area contributed by atoms with Crippen molar-refractivity contribution in [1.82, 2.24) is 4.98 Å². The van der Waals surface area contributed by atoms with Crippen molar-refractivity contribution in [1.29, 1.82) is 0 Å². The summed E-state index contributed by atoms with van der Waals surface area (Å²) < 4.78 is 0. The number of hydrogen-bond donors (Lipinski definition) is 0. The number of aromatic nitrogens is 1. The minimum atomic E-state index is 0.948. The van der Waals surface area contributed by atoms with E-state index in [-0.39, 0.29) is 0 Å². The van der Waals surface area contributed by atoms with Gasteiger partial charge in [-0.3, -0.25) is 4.98 Å². The Morgan fingerprint density at radius 2 is 2.36 bits per heavy atom. The topological polar surface area (TPSA) is 12.9 Å². The van der Waals surface area contributed by atoms with Gasteiger partial charge < -0.3 is 0 Å². The second-order valence-corrected chi connectivity index (χ2v) is 3.47. The summed E-state index contributed by atoms with van der Waals surface area (Å²) in [6, 6.07) is 4.24. The van der Waals surface area contributed by atoms with Gasteiger partial charge in [0.25, 0.3) is 0 Å². The van der Waals surface area contributed by atoms with Crippen LogP contribution in [0.3, 0.4) is 0 Å². The van der Waals surface area contributed by atoms with Gasteiger partial charge in [0.05, 0.1) is 0 Å². The Bertz CT molecular complexity index is 251. The van der Waals surface area contributed by atoms with Gasteiger partial charge in [-0.1, -0.05) is 0 Å². The standard InChI is InChI=1S/C10H13N/c1-8-4-5-11-10(6-8)7-9-2-3-9/h4-6,9H,2-3,7H2,1H3. The molecule has 0 amide bonds. The van der Waals surface area contributed by atoms with Crippen LogP contribution in [-0.2, 0) is 6.42 Å². The van der Waals surface area contributed by atoms with E-state index in [0.717, 1.165) is 5.92 Å². The maximum atomic E-state index is 4.32.